The van der Waals surface area contributed by atoms with Gasteiger partial charge in [-0.15, -0.1) is 0 Å². The van der Waals surface area contributed by atoms with E-state index in [1.807, 2.05) is 0 Å². The Kier molecular flexibility index (Phi) is 1.32. The number of nitrogens with two attached hydrogens (primary N) is 1. The molecule has 0 saturated carbocycles. The highest BCUT2D eigenvalue weighted by Gasteiger charge is 2.04. The van der Waals surface area contributed by atoms with Gasteiger partial charge in [0.25, 0.3) is 0 Å². The minimum Gasteiger partial charge on any atom is -0.397 e. The van der Waals surface area contributed by atoms with E-state index >= 15 is 0 Å². The quantitative estimate of drug-likeness (QED) is 0.676. The Balaban J connectivity index is 2.91. The molecule has 56 valence electrons. The van der Waals surface area contributed by atoms with Crippen LogP contribution in [0, 0.1) is 0 Å². The Morgan fingerprint density at radius 1 is 1.36 bits per heavy atom. The van der Waals surface area contributed by atoms with Crippen LogP contribution in [0.4, 0.5) is 5.69 Å². The Hall–Kier alpha value is -1.10. The summed E-state index contributed by atoms with van der Waals surface area (Å²) >= 11 is 3.28. The fourth-order valence-corrected chi connectivity index (χ4v) is 1.34. The molecule has 0 bridgehead atoms. The van der Waals surface area contributed by atoms with Gasteiger partial charge in [-0.3, -0.25) is 0 Å². The third kappa shape index (κ3) is 0.970. The Morgan fingerprint density at radius 3 is 3.00 bits per heavy atom. The van der Waals surface area contributed by atoms with Crippen molar-refractivity contribution in [3.63, 3.8) is 0 Å². The van der Waals surface area contributed by atoms with Gasteiger partial charge in [0.1, 0.15) is 5.52 Å². The van der Waals surface area contributed by atoms with Crippen molar-refractivity contribution in [2.75, 3.05) is 5.73 Å². The molecule has 0 radical (unpaired) electrons. The van der Waals surface area contributed by atoms with E-state index in [9.17, 15) is 0 Å². The molecule has 0 saturated heterocycles. The molecule has 0 amide bonds. The van der Waals surface area contributed by atoms with Crippen LogP contribution in [0.5, 0.6) is 0 Å². The third-order valence-corrected chi connectivity index (χ3v) is 1.81. The number of halogens is 1. The summed E-state index contributed by atoms with van der Waals surface area (Å²) in [6.07, 6.45) is 0. The van der Waals surface area contributed by atoms with Crippen LogP contribution in [0.1, 0.15) is 0 Å². The van der Waals surface area contributed by atoms with Crippen LogP contribution in [0.2, 0.25) is 0 Å². The summed E-state index contributed by atoms with van der Waals surface area (Å²) in [5.74, 6) is 0. The van der Waals surface area contributed by atoms with Gasteiger partial charge < -0.3 is 5.73 Å². The van der Waals surface area contributed by atoms with Gasteiger partial charge in [-0.05, 0) is 22.4 Å². The Bertz CT molecular complexity index is 398. The van der Waals surface area contributed by atoms with Crippen LogP contribution >= 0.6 is 15.9 Å². The molecule has 5 heteroatoms. The summed E-state index contributed by atoms with van der Waals surface area (Å²) in [6.45, 7) is 0. The van der Waals surface area contributed by atoms with Crippen LogP contribution in [-0.2, 0) is 0 Å². The number of benzene rings is 1. The largest absolute Gasteiger partial charge is 0.397 e. The summed E-state index contributed by atoms with van der Waals surface area (Å²) in [6, 6.07) is 3.55. The van der Waals surface area contributed by atoms with Crippen LogP contribution in [-0.4, -0.2) is 10.3 Å². The lowest BCUT2D eigenvalue weighted by Crippen LogP contribution is -1.85. The monoisotopic (exact) mass is 213 g/mol. The number of fused-ring (bicyclic) bond motifs is 1. The number of aromatic nitrogens is 2. The van der Waals surface area contributed by atoms with E-state index in [1.54, 1.807) is 12.1 Å². The number of anilines is 1. The standard InChI is InChI=1S/C6H4BrN3O/c7-3-1-4(8)6-5(2-3)9-11-10-6/h1-2H,8H2. The first kappa shape index (κ1) is 6.60. The predicted molar refractivity (Wildman–Crippen MR) is 43.9 cm³/mol. The molecule has 0 aliphatic heterocycles. The van der Waals surface area contributed by atoms with Crippen molar-refractivity contribution < 1.29 is 4.63 Å². The first-order valence-electron chi connectivity index (χ1n) is 2.94. The average molecular weight is 214 g/mol. The zero-order valence-electron chi connectivity index (χ0n) is 5.41. The molecular formula is C6H4BrN3O. The SMILES string of the molecule is Nc1cc(Br)cc2nonc12. The number of hydrogen-bond acceptors (Lipinski definition) is 4. The van der Waals surface area contributed by atoms with E-state index in [4.69, 9.17) is 5.73 Å². The van der Waals surface area contributed by atoms with Crippen molar-refractivity contribution in [3.8, 4) is 0 Å². The van der Waals surface area contributed by atoms with Gasteiger partial charge in [0, 0.05) is 4.47 Å². The predicted octanol–water partition coefficient (Wildman–Crippen LogP) is 1.57. The summed E-state index contributed by atoms with van der Waals surface area (Å²) in [4.78, 5) is 0. The van der Waals surface area contributed by atoms with Crippen molar-refractivity contribution in [1.29, 1.82) is 0 Å². The molecule has 1 heterocycles. The molecule has 0 unspecified atom stereocenters. The van der Waals surface area contributed by atoms with Gasteiger partial charge in [0.15, 0.2) is 5.52 Å². The molecule has 0 aliphatic rings. The van der Waals surface area contributed by atoms with Crippen LogP contribution in [0.25, 0.3) is 11.0 Å². The van der Waals surface area contributed by atoms with Crippen molar-refractivity contribution in [2.24, 2.45) is 0 Å². The zero-order valence-corrected chi connectivity index (χ0v) is 7.00. The highest BCUT2D eigenvalue weighted by molar-refractivity contribution is 9.10. The molecular weight excluding hydrogens is 210 g/mol. The average Bonchev–Trinajstić information content (AvgIpc) is 2.34. The van der Waals surface area contributed by atoms with Gasteiger partial charge in [0.2, 0.25) is 0 Å². The maximum Gasteiger partial charge on any atom is 0.158 e. The van der Waals surface area contributed by atoms with Gasteiger partial charge in [-0.1, -0.05) is 15.9 Å². The fourth-order valence-electron chi connectivity index (χ4n) is 0.880. The second-order valence-electron chi connectivity index (χ2n) is 2.13. The van der Waals surface area contributed by atoms with E-state index in [0.29, 0.717) is 16.7 Å². The topological polar surface area (TPSA) is 64.9 Å². The van der Waals surface area contributed by atoms with E-state index in [-0.39, 0.29) is 0 Å². The normalized spacial score (nSPS) is 10.6. The maximum absolute atomic E-state index is 5.61. The minimum atomic E-state index is 0.565. The number of nitrogen functional groups attached to an aromatic ring is 1. The lowest BCUT2D eigenvalue weighted by molar-refractivity contribution is 0.315. The van der Waals surface area contributed by atoms with Gasteiger partial charge in [-0.25, -0.2) is 4.63 Å². The Morgan fingerprint density at radius 2 is 2.18 bits per heavy atom. The molecule has 1 aromatic carbocycles. The molecule has 11 heavy (non-hydrogen) atoms. The first-order chi connectivity index (χ1) is 5.27. The smallest absolute Gasteiger partial charge is 0.158 e. The van der Waals surface area contributed by atoms with Crippen molar-refractivity contribution in [3.05, 3.63) is 16.6 Å². The molecule has 0 spiro atoms. The molecule has 0 atom stereocenters. The van der Waals surface area contributed by atoms with E-state index in [1.165, 1.54) is 0 Å². The third-order valence-electron chi connectivity index (χ3n) is 1.36. The molecule has 2 rings (SSSR count). The highest BCUT2D eigenvalue weighted by Crippen LogP contribution is 2.22. The highest BCUT2D eigenvalue weighted by atomic mass is 79.9. The van der Waals surface area contributed by atoms with Crippen LogP contribution < -0.4 is 5.73 Å². The van der Waals surface area contributed by atoms with Gasteiger partial charge in [-0.2, -0.15) is 0 Å². The van der Waals surface area contributed by atoms with Crippen LogP contribution in [0.3, 0.4) is 0 Å². The maximum atomic E-state index is 5.61. The number of hydrogen-bond donors (Lipinski definition) is 1. The van der Waals surface area contributed by atoms with E-state index < -0.39 is 0 Å². The second-order valence-corrected chi connectivity index (χ2v) is 3.04. The van der Waals surface area contributed by atoms with E-state index in [0.717, 1.165) is 4.47 Å². The number of rotatable bonds is 0. The molecule has 0 fully saturated rings. The molecule has 4 nitrogen and oxygen atoms in total. The first-order valence-corrected chi connectivity index (χ1v) is 3.74. The molecule has 2 N–H and O–H groups in total. The lowest BCUT2D eigenvalue weighted by Gasteiger charge is -1.92. The van der Waals surface area contributed by atoms with Crippen LogP contribution in [0.15, 0.2) is 21.2 Å². The molecule has 0 aliphatic carbocycles. The van der Waals surface area contributed by atoms with Crippen molar-refractivity contribution in [1.82, 2.24) is 10.3 Å². The Labute approximate surface area is 70.5 Å². The molecule has 2 aromatic rings. The lowest BCUT2D eigenvalue weighted by atomic mass is 10.3. The van der Waals surface area contributed by atoms with Gasteiger partial charge >= 0.3 is 0 Å². The fraction of sp³-hybridized carbons (Fsp3) is 0. The van der Waals surface area contributed by atoms with Gasteiger partial charge in [0.05, 0.1) is 5.69 Å². The summed E-state index contributed by atoms with van der Waals surface area (Å²) < 4.78 is 5.37. The second kappa shape index (κ2) is 2.20. The summed E-state index contributed by atoms with van der Waals surface area (Å²) in [5, 5.41) is 7.27. The molecule has 1 aromatic heterocycles. The van der Waals surface area contributed by atoms with Crippen molar-refractivity contribution >= 4 is 32.7 Å². The zero-order chi connectivity index (χ0) is 7.84. The van der Waals surface area contributed by atoms with E-state index in [2.05, 4.69) is 30.9 Å². The van der Waals surface area contributed by atoms with Crippen molar-refractivity contribution in [2.45, 2.75) is 0 Å². The summed E-state index contributed by atoms with van der Waals surface area (Å²) in [7, 11) is 0. The summed E-state index contributed by atoms with van der Waals surface area (Å²) in [5.41, 5.74) is 7.44. The minimum absolute atomic E-state index is 0.565. The number of nitrogens with zero attached hydrogens (tertiary/aromatic N) is 2.